The number of halogens is 5. The van der Waals surface area contributed by atoms with Crippen molar-refractivity contribution < 1.29 is 31.5 Å². The minimum Gasteiger partial charge on any atom is -0.311 e. The highest BCUT2D eigenvalue weighted by molar-refractivity contribution is 5.89. The van der Waals surface area contributed by atoms with Crippen molar-refractivity contribution in [3.8, 4) is 0 Å². The molecule has 0 spiro atoms. The molecule has 90 valence electrons. The van der Waals surface area contributed by atoms with Crippen molar-refractivity contribution in [2.24, 2.45) is 5.92 Å². The van der Waals surface area contributed by atoms with E-state index in [0.717, 1.165) is 0 Å². The first-order chi connectivity index (χ1) is 6.48. The molecule has 1 atom stereocenters. The molecular weight excluding hydrogens is 223 g/mol. The van der Waals surface area contributed by atoms with Gasteiger partial charge in [-0.1, -0.05) is 13.8 Å². The van der Waals surface area contributed by atoms with Crippen molar-refractivity contribution >= 4 is 5.78 Å². The Morgan fingerprint density at radius 1 is 1.07 bits per heavy atom. The van der Waals surface area contributed by atoms with Crippen molar-refractivity contribution in [1.82, 2.24) is 0 Å². The summed E-state index contributed by atoms with van der Waals surface area (Å²) in [4.78, 5) is 10.2. The van der Waals surface area contributed by atoms with Crippen LogP contribution in [0, 0.1) is 5.92 Å². The summed E-state index contributed by atoms with van der Waals surface area (Å²) >= 11 is 0. The van der Waals surface area contributed by atoms with Gasteiger partial charge in [0, 0.05) is 0 Å². The van der Waals surface area contributed by atoms with Gasteiger partial charge < -0.3 is 4.74 Å². The molecule has 0 saturated carbocycles. The van der Waals surface area contributed by atoms with Gasteiger partial charge in [0.2, 0.25) is 0 Å². The molecule has 0 aromatic carbocycles. The summed E-state index contributed by atoms with van der Waals surface area (Å²) < 4.78 is 64.1. The number of carbonyl (C=O) groups excluding carboxylic acids is 1. The highest BCUT2D eigenvalue weighted by atomic mass is 19.4. The SMILES string of the molecule is CC(C)[C@@H](C)OC(F)(F)C(=O)C(F)(F)F. The summed E-state index contributed by atoms with van der Waals surface area (Å²) in [6.07, 6.45) is -11.6. The van der Waals surface area contributed by atoms with Crippen LogP contribution >= 0.6 is 0 Å². The Labute approximate surface area is 83.4 Å². The summed E-state index contributed by atoms with van der Waals surface area (Å²) in [5, 5.41) is 0. The Balaban J connectivity index is 4.63. The number of rotatable bonds is 4. The fourth-order valence-corrected chi connectivity index (χ4v) is 0.588. The maximum atomic E-state index is 12.6. The molecule has 2 nitrogen and oxygen atoms in total. The molecule has 0 bridgehead atoms. The zero-order chi connectivity index (χ0) is 12.4. The van der Waals surface area contributed by atoms with Gasteiger partial charge >= 0.3 is 18.1 Å². The summed E-state index contributed by atoms with van der Waals surface area (Å²) in [6, 6.07) is 0. The second kappa shape index (κ2) is 4.42. The molecule has 0 N–H and O–H groups in total. The van der Waals surface area contributed by atoms with Gasteiger partial charge in [-0.25, -0.2) is 0 Å². The Bertz CT molecular complexity index is 234. The van der Waals surface area contributed by atoms with Crippen molar-refractivity contribution in [3.63, 3.8) is 0 Å². The maximum Gasteiger partial charge on any atom is 0.459 e. The average Bonchev–Trinajstić information content (AvgIpc) is 2.00. The summed E-state index contributed by atoms with van der Waals surface area (Å²) in [7, 11) is 0. The predicted octanol–water partition coefficient (Wildman–Crippen LogP) is 2.77. The van der Waals surface area contributed by atoms with Crippen LogP contribution in [0.1, 0.15) is 20.8 Å². The molecule has 0 aliphatic rings. The predicted molar refractivity (Wildman–Crippen MR) is 41.4 cm³/mol. The molecule has 0 fully saturated rings. The van der Waals surface area contributed by atoms with Gasteiger partial charge in [0.15, 0.2) is 0 Å². The van der Waals surface area contributed by atoms with Crippen molar-refractivity contribution in [2.45, 2.75) is 39.2 Å². The lowest BCUT2D eigenvalue weighted by Gasteiger charge is -2.23. The van der Waals surface area contributed by atoms with Crippen molar-refractivity contribution in [2.75, 3.05) is 0 Å². The van der Waals surface area contributed by atoms with E-state index in [1.807, 2.05) is 0 Å². The Morgan fingerprint density at radius 3 is 1.73 bits per heavy atom. The largest absolute Gasteiger partial charge is 0.459 e. The van der Waals surface area contributed by atoms with Crippen LogP contribution < -0.4 is 0 Å². The molecule has 0 amide bonds. The monoisotopic (exact) mass is 234 g/mol. The molecular formula is C8H11F5O2. The average molecular weight is 234 g/mol. The zero-order valence-corrected chi connectivity index (χ0v) is 8.36. The van der Waals surface area contributed by atoms with E-state index in [1.165, 1.54) is 20.8 Å². The molecule has 0 saturated heterocycles. The lowest BCUT2D eigenvalue weighted by Crippen LogP contribution is -2.44. The number of hydrogen-bond donors (Lipinski definition) is 0. The highest BCUT2D eigenvalue weighted by Crippen LogP contribution is 2.30. The second-order valence-corrected chi connectivity index (χ2v) is 3.41. The van der Waals surface area contributed by atoms with E-state index in [-0.39, 0.29) is 0 Å². The van der Waals surface area contributed by atoms with Crippen molar-refractivity contribution in [1.29, 1.82) is 0 Å². The van der Waals surface area contributed by atoms with Gasteiger partial charge in [0.25, 0.3) is 0 Å². The third-order valence-corrected chi connectivity index (χ3v) is 1.79. The van der Waals surface area contributed by atoms with Gasteiger partial charge in [-0.15, -0.1) is 0 Å². The second-order valence-electron chi connectivity index (χ2n) is 3.41. The fourth-order valence-electron chi connectivity index (χ4n) is 0.588. The topological polar surface area (TPSA) is 26.3 Å². The van der Waals surface area contributed by atoms with Gasteiger partial charge in [-0.2, -0.15) is 22.0 Å². The summed E-state index contributed by atoms with van der Waals surface area (Å²) in [6.45, 7) is 4.14. The minimum absolute atomic E-state index is 0.420. The minimum atomic E-state index is -5.60. The molecule has 0 radical (unpaired) electrons. The third kappa shape index (κ3) is 4.11. The van der Waals surface area contributed by atoms with E-state index in [0.29, 0.717) is 0 Å². The molecule has 0 rings (SSSR count). The number of hydrogen-bond acceptors (Lipinski definition) is 2. The van der Waals surface area contributed by atoms with E-state index in [4.69, 9.17) is 0 Å². The first kappa shape index (κ1) is 14.3. The molecule has 0 aliphatic carbocycles. The number of alkyl halides is 5. The van der Waals surface area contributed by atoms with Crippen LogP contribution in [-0.4, -0.2) is 24.2 Å². The standard InChI is InChI=1S/C8H11F5O2/c1-4(2)5(3)15-8(12,13)6(14)7(9,10)11/h4-5H,1-3H3/t5-/m1/s1. The number of carbonyl (C=O) groups is 1. The van der Waals surface area contributed by atoms with Crippen LogP contribution in [0.2, 0.25) is 0 Å². The van der Waals surface area contributed by atoms with Crippen LogP contribution in [0.4, 0.5) is 22.0 Å². The van der Waals surface area contributed by atoms with Gasteiger partial charge in [-0.05, 0) is 12.8 Å². The van der Waals surface area contributed by atoms with E-state index >= 15 is 0 Å². The Morgan fingerprint density at radius 2 is 1.47 bits per heavy atom. The molecule has 7 heteroatoms. The Kier molecular flexibility index (Phi) is 4.21. The molecule has 0 aromatic rings. The molecule has 0 aromatic heterocycles. The quantitative estimate of drug-likeness (QED) is 0.699. The molecule has 0 heterocycles. The van der Waals surface area contributed by atoms with Crippen LogP contribution in [0.25, 0.3) is 0 Å². The summed E-state index contributed by atoms with van der Waals surface area (Å²) in [5.41, 5.74) is 0. The molecule has 0 aliphatic heterocycles. The lowest BCUT2D eigenvalue weighted by atomic mass is 10.1. The smallest absolute Gasteiger partial charge is 0.311 e. The number of ketones is 1. The van der Waals surface area contributed by atoms with Gasteiger partial charge in [0.05, 0.1) is 6.10 Å². The van der Waals surface area contributed by atoms with E-state index in [1.54, 1.807) is 0 Å². The van der Waals surface area contributed by atoms with E-state index in [2.05, 4.69) is 4.74 Å². The number of Topliss-reactive ketones (excluding diaryl/α,β-unsaturated/α-hetero) is 1. The normalized spacial score (nSPS) is 15.5. The zero-order valence-electron chi connectivity index (χ0n) is 8.36. The van der Waals surface area contributed by atoms with E-state index < -0.39 is 30.1 Å². The third-order valence-electron chi connectivity index (χ3n) is 1.79. The van der Waals surface area contributed by atoms with Crippen LogP contribution in [0.3, 0.4) is 0 Å². The molecule has 15 heavy (non-hydrogen) atoms. The van der Waals surface area contributed by atoms with Crippen LogP contribution in [0.5, 0.6) is 0 Å². The Hall–Kier alpha value is -0.720. The maximum absolute atomic E-state index is 12.6. The first-order valence-corrected chi connectivity index (χ1v) is 4.15. The van der Waals surface area contributed by atoms with Crippen molar-refractivity contribution in [3.05, 3.63) is 0 Å². The first-order valence-electron chi connectivity index (χ1n) is 4.15. The van der Waals surface area contributed by atoms with Gasteiger partial charge in [0.1, 0.15) is 0 Å². The lowest BCUT2D eigenvalue weighted by molar-refractivity contribution is -0.274. The van der Waals surface area contributed by atoms with Gasteiger partial charge in [-0.3, -0.25) is 4.79 Å². The number of ether oxygens (including phenoxy) is 1. The summed E-state index contributed by atoms with van der Waals surface area (Å²) in [5.74, 6) is -3.60. The van der Waals surface area contributed by atoms with E-state index in [9.17, 15) is 26.7 Å². The highest BCUT2D eigenvalue weighted by Gasteiger charge is 2.57. The van der Waals surface area contributed by atoms with Crippen LogP contribution in [0.15, 0.2) is 0 Å². The van der Waals surface area contributed by atoms with Crippen LogP contribution in [-0.2, 0) is 9.53 Å². The fraction of sp³-hybridized carbons (Fsp3) is 0.875. The molecule has 0 unspecified atom stereocenters.